The summed E-state index contributed by atoms with van der Waals surface area (Å²) < 4.78 is 42.2. The molecule has 0 aliphatic heterocycles. The molecule has 94 valence electrons. The molecule has 0 radical (unpaired) electrons. The zero-order valence-electron chi connectivity index (χ0n) is 8.79. The molecule has 2 nitrogen and oxygen atoms in total. The van der Waals surface area contributed by atoms with E-state index in [0.717, 1.165) is 12.1 Å². The predicted molar refractivity (Wildman–Crippen MR) is 58.6 cm³/mol. The molecule has 0 aliphatic rings. The quantitative estimate of drug-likeness (QED) is 0.769. The second-order valence-corrected chi connectivity index (χ2v) is 3.86. The Morgan fingerprint density at radius 2 is 1.94 bits per heavy atom. The third-order valence-electron chi connectivity index (χ3n) is 2.31. The van der Waals surface area contributed by atoms with Crippen LogP contribution in [-0.2, 0) is 6.18 Å². The highest BCUT2D eigenvalue weighted by molar-refractivity contribution is 6.33. The SMILES string of the molecule is O=C(c1cccc(C(F)(F)F)c1)c1ccoc1Cl. The van der Waals surface area contributed by atoms with Gasteiger partial charge in [-0.3, -0.25) is 4.79 Å². The Bertz CT molecular complexity index is 587. The summed E-state index contributed by atoms with van der Waals surface area (Å²) in [5.74, 6) is -0.611. The van der Waals surface area contributed by atoms with Crippen LogP contribution < -0.4 is 0 Å². The van der Waals surface area contributed by atoms with Crippen molar-refractivity contribution >= 4 is 17.4 Å². The molecule has 0 N–H and O–H groups in total. The van der Waals surface area contributed by atoms with Crippen LogP contribution in [0.1, 0.15) is 21.5 Å². The lowest BCUT2D eigenvalue weighted by Crippen LogP contribution is -2.07. The summed E-state index contributed by atoms with van der Waals surface area (Å²) in [6.45, 7) is 0. The van der Waals surface area contributed by atoms with E-state index in [4.69, 9.17) is 16.0 Å². The van der Waals surface area contributed by atoms with Crippen LogP contribution in [0.4, 0.5) is 13.2 Å². The lowest BCUT2D eigenvalue weighted by atomic mass is 10.0. The van der Waals surface area contributed by atoms with Gasteiger partial charge >= 0.3 is 6.18 Å². The van der Waals surface area contributed by atoms with Crippen LogP contribution in [0.2, 0.25) is 5.22 Å². The van der Waals surface area contributed by atoms with E-state index < -0.39 is 17.5 Å². The van der Waals surface area contributed by atoms with Crippen molar-refractivity contribution in [2.75, 3.05) is 0 Å². The average molecular weight is 275 g/mol. The normalized spacial score (nSPS) is 11.6. The third kappa shape index (κ3) is 2.41. The van der Waals surface area contributed by atoms with Crippen LogP contribution in [0.15, 0.2) is 41.0 Å². The number of carbonyl (C=O) groups excluding carboxylic acids is 1. The van der Waals surface area contributed by atoms with Gasteiger partial charge in [0.2, 0.25) is 5.22 Å². The largest absolute Gasteiger partial charge is 0.452 e. The lowest BCUT2D eigenvalue weighted by Gasteiger charge is -2.07. The molecule has 0 fully saturated rings. The molecule has 1 aromatic carbocycles. The van der Waals surface area contributed by atoms with Gasteiger partial charge in [0, 0.05) is 5.56 Å². The Morgan fingerprint density at radius 1 is 1.22 bits per heavy atom. The highest BCUT2D eigenvalue weighted by Crippen LogP contribution is 2.30. The summed E-state index contributed by atoms with van der Waals surface area (Å²) in [4.78, 5) is 11.9. The number of benzene rings is 1. The first-order valence-electron chi connectivity index (χ1n) is 4.84. The predicted octanol–water partition coefficient (Wildman–Crippen LogP) is 4.18. The molecule has 0 unspecified atom stereocenters. The van der Waals surface area contributed by atoms with Gasteiger partial charge in [0.15, 0.2) is 5.78 Å². The monoisotopic (exact) mass is 274 g/mol. The Kier molecular flexibility index (Phi) is 3.17. The van der Waals surface area contributed by atoms with Crippen LogP contribution in [0.25, 0.3) is 0 Å². The minimum atomic E-state index is -4.49. The van der Waals surface area contributed by atoms with Crippen LogP contribution in [0.3, 0.4) is 0 Å². The van der Waals surface area contributed by atoms with Crippen LogP contribution in [0, 0.1) is 0 Å². The van der Waals surface area contributed by atoms with Gasteiger partial charge in [-0.1, -0.05) is 12.1 Å². The van der Waals surface area contributed by atoms with E-state index in [2.05, 4.69) is 0 Å². The van der Waals surface area contributed by atoms with Gasteiger partial charge in [-0.25, -0.2) is 0 Å². The van der Waals surface area contributed by atoms with Gasteiger partial charge in [-0.2, -0.15) is 13.2 Å². The van der Waals surface area contributed by atoms with Crippen LogP contribution in [0.5, 0.6) is 0 Å². The Balaban J connectivity index is 2.41. The topological polar surface area (TPSA) is 30.2 Å². The summed E-state index contributed by atoms with van der Waals surface area (Å²) in [7, 11) is 0. The van der Waals surface area contributed by atoms with Crippen molar-refractivity contribution in [3.8, 4) is 0 Å². The maximum Gasteiger partial charge on any atom is 0.416 e. The Morgan fingerprint density at radius 3 is 2.50 bits per heavy atom. The van der Waals surface area contributed by atoms with Gasteiger partial charge < -0.3 is 4.42 Å². The number of alkyl halides is 3. The summed E-state index contributed by atoms with van der Waals surface area (Å²) in [5.41, 5.74) is -0.933. The minimum Gasteiger partial charge on any atom is -0.452 e. The van der Waals surface area contributed by atoms with Crippen LogP contribution >= 0.6 is 11.6 Å². The molecule has 2 aromatic rings. The highest BCUT2D eigenvalue weighted by atomic mass is 35.5. The molecule has 1 heterocycles. The Hall–Kier alpha value is -1.75. The van der Waals surface area contributed by atoms with E-state index in [1.807, 2.05) is 0 Å². The second-order valence-electron chi connectivity index (χ2n) is 3.52. The van der Waals surface area contributed by atoms with Crippen molar-refractivity contribution in [3.05, 3.63) is 58.5 Å². The summed E-state index contributed by atoms with van der Waals surface area (Å²) in [5, 5.41) is -0.141. The maximum atomic E-state index is 12.5. The van der Waals surface area contributed by atoms with E-state index in [-0.39, 0.29) is 16.3 Å². The number of hydrogen-bond donors (Lipinski definition) is 0. The van der Waals surface area contributed by atoms with Gasteiger partial charge in [0.05, 0.1) is 17.4 Å². The lowest BCUT2D eigenvalue weighted by molar-refractivity contribution is -0.137. The van der Waals surface area contributed by atoms with Gasteiger partial charge in [-0.15, -0.1) is 0 Å². The fourth-order valence-corrected chi connectivity index (χ4v) is 1.65. The molecule has 0 aliphatic carbocycles. The molecule has 0 atom stereocenters. The molecular weight excluding hydrogens is 269 g/mol. The number of rotatable bonds is 2. The molecule has 0 spiro atoms. The maximum absolute atomic E-state index is 12.5. The first kappa shape index (κ1) is 12.7. The molecule has 18 heavy (non-hydrogen) atoms. The van der Waals surface area contributed by atoms with Crippen molar-refractivity contribution in [1.82, 2.24) is 0 Å². The first-order chi connectivity index (χ1) is 8.39. The van der Waals surface area contributed by atoms with Gasteiger partial charge in [-0.05, 0) is 29.8 Å². The molecule has 0 bridgehead atoms. The van der Waals surface area contributed by atoms with Crippen molar-refractivity contribution in [1.29, 1.82) is 0 Å². The molecule has 0 saturated carbocycles. The average Bonchev–Trinajstić information content (AvgIpc) is 2.73. The summed E-state index contributed by atoms with van der Waals surface area (Å²) in [6.07, 6.45) is -3.29. The van der Waals surface area contributed by atoms with Crippen molar-refractivity contribution < 1.29 is 22.4 Å². The second kappa shape index (κ2) is 4.49. The number of hydrogen-bond acceptors (Lipinski definition) is 2. The summed E-state index contributed by atoms with van der Waals surface area (Å²) >= 11 is 5.60. The fraction of sp³-hybridized carbons (Fsp3) is 0.0833. The summed E-state index contributed by atoms with van der Waals surface area (Å²) in [6, 6.07) is 5.45. The zero-order valence-corrected chi connectivity index (χ0v) is 9.55. The van der Waals surface area contributed by atoms with E-state index in [1.165, 1.54) is 24.5 Å². The van der Waals surface area contributed by atoms with Crippen molar-refractivity contribution in [2.45, 2.75) is 6.18 Å². The van der Waals surface area contributed by atoms with Crippen molar-refractivity contribution in [3.63, 3.8) is 0 Å². The van der Waals surface area contributed by atoms with E-state index in [9.17, 15) is 18.0 Å². The smallest absolute Gasteiger partial charge is 0.416 e. The van der Waals surface area contributed by atoms with Crippen LogP contribution in [-0.4, -0.2) is 5.78 Å². The van der Waals surface area contributed by atoms with E-state index in [0.29, 0.717) is 0 Å². The molecule has 0 saturated heterocycles. The van der Waals surface area contributed by atoms with Gasteiger partial charge in [0.25, 0.3) is 0 Å². The van der Waals surface area contributed by atoms with E-state index >= 15 is 0 Å². The molecule has 2 rings (SSSR count). The first-order valence-corrected chi connectivity index (χ1v) is 5.22. The molecule has 6 heteroatoms. The standard InChI is InChI=1S/C12H6ClF3O2/c13-11-9(4-5-18-11)10(17)7-2-1-3-8(6-7)12(14,15)16/h1-6H. The van der Waals surface area contributed by atoms with Crippen molar-refractivity contribution in [2.24, 2.45) is 0 Å². The third-order valence-corrected chi connectivity index (χ3v) is 2.61. The molecule has 0 amide bonds. The highest BCUT2D eigenvalue weighted by Gasteiger charge is 2.31. The Labute approximate surface area is 105 Å². The number of ketones is 1. The minimum absolute atomic E-state index is 0.0380. The number of furan rings is 1. The fourth-order valence-electron chi connectivity index (χ4n) is 1.45. The van der Waals surface area contributed by atoms with Gasteiger partial charge in [0.1, 0.15) is 0 Å². The molecular formula is C12H6ClF3O2. The number of halogens is 4. The van der Waals surface area contributed by atoms with E-state index in [1.54, 1.807) is 0 Å². The number of carbonyl (C=O) groups is 1. The zero-order chi connectivity index (χ0) is 13.3. The molecule has 1 aromatic heterocycles.